The van der Waals surface area contributed by atoms with E-state index in [1.807, 2.05) is 0 Å². The molecule has 1 aromatic heterocycles. The lowest BCUT2D eigenvalue weighted by Gasteiger charge is -2.10. The third kappa shape index (κ3) is 2.33. The molecule has 0 radical (unpaired) electrons. The van der Waals surface area contributed by atoms with E-state index in [4.69, 9.17) is 10.5 Å². The molecule has 2 rings (SSSR count). The number of hydrogen-bond acceptors (Lipinski definition) is 4. The molecule has 0 unspecified atom stereocenters. The quantitative estimate of drug-likeness (QED) is 0.751. The zero-order valence-electron chi connectivity index (χ0n) is 9.27. The molecule has 0 bridgehead atoms. The summed E-state index contributed by atoms with van der Waals surface area (Å²) in [6.45, 7) is 1.34. The maximum Gasteiger partial charge on any atom is 0.269 e. The van der Waals surface area contributed by atoms with E-state index in [1.54, 1.807) is 13.1 Å². The number of ether oxygens (including phenoxy) is 1. The molecule has 0 aromatic carbocycles. The van der Waals surface area contributed by atoms with Gasteiger partial charge in [0.2, 0.25) is 0 Å². The van der Waals surface area contributed by atoms with Gasteiger partial charge in [-0.15, -0.1) is 0 Å². The van der Waals surface area contributed by atoms with Crippen molar-refractivity contribution >= 4 is 11.7 Å². The van der Waals surface area contributed by atoms with Gasteiger partial charge in [-0.1, -0.05) is 0 Å². The summed E-state index contributed by atoms with van der Waals surface area (Å²) in [6.07, 6.45) is 2.22. The van der Waals surface area contributed by atoms with Gasteiger partial charge >= 0.3 is 0 Å². The van der Waals surface area contributed by atoms with Crippen molar-refractivity contribution < 1.29 is 9.53 Å². The zero-order valence-corrected chi connectivity index (χ0v) is 9.27. The maximum absolute atomic E-state index is 11.8. The van der Waals surface area contributed by atoms with Gasteiger partial charge < -0.3 is 15.8 Å². The van der Waals surface area contributed by atoms with Crippen molar-refractivity contribution in [1.82, 2.24) is 15.1 Å². The van der Waals surface area contributed by atoms with E-state index in [-0.39, 0.29) is 12.0 Å². The minimum absolute atomic E-state index is 0.148. The van der Waals surface area contributed by atoms with E-state index in [9.17, 15) is 4.79 Å². The van der Waals surface area contributed by atoms with Gasteiger partial charge in [-0.3, -0.25) is 9.48 Å². The van der Waals surface area contributed by atoms with E-state index in [1.165, 1.54) is 4.68 Å². The largest absolute Gasteiger partial charge is 0.382 e. The average Bonchev–Trinajstić information content (AvgIpc) is 2.84. The lowest BCUT2D eigenvalue weighted by molar-refractivity contribution is 0.0850. The van der Waals surface area contributed by atoms with Gasteiger partial charge in [0.05, 0.1) is 6.10 Å². The maximum atomic E-state index is 11.8. The van der Waals surface area contributed by atoms with Crippen LogP contribution in [0.15, 0.2) is 6.07 Å². The van der Waals surface area contributed by atoms with Crippen LogP contribution in [0.3, 0.4) is 0 Å². The number of nitrogens with zero attached hydrogens (tertiary/aromatic N) is 2. The molecule has 6 heteroatoms. The topological polar surface area (TPSA) is 82.2 Å². The van der Waals surface area contributed by atoms with Crippen molar-refractivity contribution in [2.75, 3.05) is 18.9 Å². The lowest BCUT2D eigenvalue weighted by Crippen LogP contribution is -2.32. The summed E-state index contributed by atoms with van der Waals surface area (Å²) in [4.78, 5) is 11.8. The molecule has 0 saturated carbocycles. The summed E-state index contributed by atoms with van der Waals surface area (Å²) < 4.78 is 6.89. The Hall–Kier alpha value is -1.56. The molecule has 1 aliphatic heterocycles. The fourth-order valence-corrected chi connectivity index (χ4v) is 1.80. The Morgan fingerprint density at radius 3 is 3.19 bits per heavy atom. The van der Waals surface area contributed by atoms with Gasteiger partial charge in [-0.05, 0) is 12.8 Å². The number of aromatic nitrogens is 2. The van der Waals surface area contributed by atoms with Crippen LogP contribution in [-0.4, -0.2) is 34.9 Å². The molecule has 3 N–H and O–H groups in total. The molecular weight excluding hydrogens is 208 g/mol. The normalized spacial score (nSPS) is 19.9. The van der Waals surface area contributed by atoms with Crippen LogP contribution in [0.5, 0.6) is 0 Å². The van der Waals surface area contributed by atoms with Crippen LogP contribution in [0.1, 0.15) is 23.3 Å². The van der Waals surface area contributed by atoms with Crippen molar-refractivity contribution in [3.8, 4) is 0 Å². The third-order valence-electron chi connectivity index (χ3n) is 2.65. The Morgan fingerprint density at radius 1 is 1.81 bits per heavy atom. The summed E-state index contributed by atoms with van der Waals surface area (Å²) in [5.41, 5.74) is 5.97. The first-order chi connectivity index (χ1) is 7.66. The van der Waals surface area contributed by atoms with Crippen LogP contribution in [0.2, 0.25) is 0 Å². The summed E-state index contributed by atoms with van der Waals surface area (Å²) in [6, 6.07) is 1.56. The number of hydrogen-bond donors (Lipinski definition) is 2. The number of nitrogens with one attached hydrogen (secondary N) is 1. The molecule has 2 heterocycles. The average molecular weight is 224 g/mol. The van der Waals surface area contributed by atoms with E-state index in [0.29, 0.717) is 18.1 Å². The minimum atomic E-state index is -0.165. The fraction of sp³-hybridized carbons (Fsp3) is 0.600. The highest BCUT2D eigenvalue weighted by molar-refractivity contribution is 5.93. The fourth-order valence-electron chi connectivity index (χ4n) is 1.80. The van der Waals surface area contributed by atoms with Crippen molar-refractivity contribution in [1.29, 1.82) is 0 Å². The van der Waals surface area contributed by atoms with Crippen LogP contribution in [0.25, 0.3) is 0 Å². The van der Waals surface area contributed by atoms with E-state index < -0.39 is 0 Å². The van der Waals surface area contributed by atoms with Crippen LogP contribution in [-0.2, 0) is 11.8 Å². The molecule has 16 heavy (non-hydrogen) atoms. The highest BCUT2D eigenvalue weighted by Gasteiger charge is 2.18. The van der Waals surface area contributed by atoms with Crippen LogP contribution >= 0.6 is 0 Å². The molecule has 1 fully saturated rings. The Labute approximate surface area is 93.8 Å². The molecule has 88 valence electrons. The van der Waals surface area contributed by atoms with Crippen LogP contribution in [0.4, 0.5) is 5.82 Å². The molecule has 6 nitrogen and oxygen atoms in total. The number of carbonyl (C=O) groups is 1. The highest BCUT2D eigenvalue weighted by Crippen LogP contribution is 2.11. The molecule has 1 aromatic rings. The van der Waals surface area contributed by atoms with E-state index in [2.05, 4.69) is 10.4 Å². The Morgan fingerprint density at radius 2 is 2.62 bits per heavy atom. The first-order valence-electron chi connectivity index (χ1n) is 5.36. The summed E-state index contributed by atoms with van der Waals surface area (Å²) in [5.74, 6) is 0.187. The van der Waals surface area contributed by atoms with Crippen molar-refractivity contribution in [2.24, 2.45) is 7.05 Å². The van der Waals surface area contributed by atoms with E-state index >= 15 is 0 Å². The number of nitrogen functional groups attached to an aromatic ring is 1. The number of carbonyl (C=O) groups excluding carboxylic acids is 1. The van der Waals surface area contributed by atoms with Crippen LogP contribution < -0.4 is 11.1 Å². The second kappa shape index (κ2) is 4.52. The lowest BCUT2D eigenvalue weighted by atomic mass is 10.2. The molecule has 1 saturated heterocycles. The predicted molar refractivity (Wildman–Crippen MR) is 58.9 cm³/mol. The standard InChI is InChI=1S/C10H16N4O2/c1-14-8(5-9(11)13-14)10(15)12-6-7-3-2-4-16-7/h5,7H,2-4,6H2,1H3,(H2,11,13)(H,12,15)/t7-/m0/s1. The van der Waals surface area contributed by atoms with Gasteiger partial charge in [0.15, 0.2) is 0 Å². The monoisotopic (exact) mass is 224 g/mol. The number of anilines is 1. The molecule has 1 aliphatic rings. The summed E-state index contributed by atoms with van der Waals surface area (Å²) in [5, 5.41) is 6.73. The van der Waals surface area contributed by atoms with Gasteiger partial charge in [-0.25, -0.2) is 0 Å². The predicted octanol–water partition coefficient (Wildman–Crippen LogP) is -0.0889. The van der Waals surface area contributed by atoms with Crippen molar-refractivity contribution in [2.45, 2.75) is 18.9 Å². The van der Waals surface area contributed by atoms with Gasteiger partial charge in [0, 0.05) is 26.3 Å². The highest BCUT2D eigenvalue weighted by atomic mass is 16.5. The number of rotatable bonds is 3. The number of nitrogens with two attached hydrogens (primary N) is 1. The second-order valence-corrected chi connectivity index (χ2v) is 3.92. The SMILES string of the molecule is Cn1nc(N)cc1C(=O)NC[C@@H]1CCCO1. The Bertz CT molecular complexity index is 382. The van der Waals surface area contributed by atoms with Crippen LogP contribution in [0, 0.1) is 0 Å². The molecule has 1 atom stereocenters. The summed E-state index contributed by atoms with van der Waals surface area (Å²) >= 11 is 0. The number of amides is 1. The van der Waals surface area contributed by atoms with Crippen molar-refractivity contribution in [3.05, 3.63) is 11.8 Å². The Kier molecular flexibility index (Phi) is 3.09. The zero-order chi connectivity index (χ0) is 11.5. The molecule has 1 amide bonds. The second-order valence-electron chi connectivity index (χ2n) is 3.92. The van der Waals surface area contributed by atoms with Crippen molar-refractivity contribution in [3.63, 3.8) is 0 Å². The van der Waals surface area contributed by atoms with Gasteiger partial charge in [-0.2, -0.15) is 5.10 Å². The smallest absolute Gasteiger partial charge is 0.269 e. The molecule has 0 aliphatic carbocycles. The molecule has 0 spiro atoms. The van der Waals surface area contributed by atoms with Gasteiger partial charge in [0.25, 0.3) is 5.91 Å². The summed E-state index contributed by atoms with van der Waals surface area (Å²) in [7, 11) is 1.69. The number of aryl methyl sites for hydroxylation is 1. The van der Waals surface area contributed by atoms with E-state index in [0.717, 1.165) is 19.4 Å². The molecular formula is C10H16N4O2. The third-order valence-corrected chi connectivity index (χ3v) is 2.65. The Balaban J connectivity index is 1.90. The van der Waals surface area contributed by atoms with Gasteiger partial charge in [0.1, 0.15) is 11.5 Å². The first kappa shape index (κ1) is 10.9. The first-order valence-corrected chi connectivity index (χ1v) is 5.36. The minimum Gasteiger partial charge on any atom is -0.382 e.